The Kier molecular flexibility index (Phi) is 19.3. The quantitative estimate of drug-likeness (QED) is 0.216. The SMILES string of the molecule is CCCCCCCCCCCC(CCCCCCCCC)N(C)C. The number of unbranched alkanes of at least 4 members (excludes halogenated alkanes) is 14. The van der Waals surface area contributed by atoms with Gasteiger partial charge in [0.05, 0.1) is 0 Å². The van der Waals surface area contributed by atoms with Crippen molar-refractivity contribution in [3.63, 3.8) is 0 Å². The molecule has 0 aromatic carbocycles. The first kappa shape index (κ1) is 24.0. The fraction of sp³-hybridized carbons (Fsp3) is 1.00. The maximum atomic E-state index is 2.47. The predicted molar refractivity (Wildman–Crippen MR) is 112 cm³/mol. The molecule has 0 bridgehead atoms. The van der Waals surface area contributed by atoms with Crippen LogP contribution in [-0.4, -0.2) is 25.0 Å². The van der Waals surface area contributed by atoms with Crippen molar-refractivity contribution in [2.24, 2.45) is 0 Å². The summed E-state index contributed by atoms with van der Waals surface area (Å²) in [5.41, 5.74) is 0. The Morgan fingerprint density at radius 3 is 1.04 bits per heavy atom. The lowest BCUT2D eigenvalue weighted by Gasteiger charge is -2.24. The summed E-state index contributed by atoms with van der Waals surface area (Å²) in [4.78, 5) is 2.47. The van der Waals surface area contributed by atoms with Crippen LogP contribution in [0.2, 0.25) is 0 Å². The minimum atomic E-state index is 0.824. The molecular formula is C23H49N. The molecule has 0 aliphatic heterocycles. The van der Waals surface area contributed by atoms with Crippen LogP contribution in [0.5, 0.6) is 0 Å². The molecule has 0 fully saturated rings. The number of hydrogen-bond donors (Lipinski definition) is 0. The first-order valence-corrected chi connectivity index (χ1v) is 11.4. The van der Waals surface area contributed by atoms with Crippen molar-refractivity contribution >= 4 is 0 Å². The topological polar surface area (TPSA) is 3.24 Å². The molecule has 0 saturated heterocycles. The van der Waals surface area contributed by atoms with Crippen molar-refractivity contribution in [2.75, 3.05) is 14.1 Å². The average Bonchev–Trinajstić information content (AvgIpc) is 2.57. The molecule has 0 N–H and O–H groups in total. The first-order valence-electron chi connectivity index (χ1n) is 11.4. The van der Waals surface area contributed by atoms with Crippen molar-refractivity contribution in [3.05, 3.63) is 0 Å². The zero-order valence-electron chi connectivity index (χ0n) is 17.8. The van der Waals surface area contributed by atoms with Gasteiger partial charge in [-0.05, 0) is 26.9 Å². The maximum absolute atomic E-state index is 2.47. The van der Waals surface area contributed by atoms with E-state index in [1.807, 2.05) is 0 Å². The van der Waals surface area contributed by atoms with E-state index in [1.54, 1.807) is 0 Å². The van der Waals surface area contributed by atoms with E-state index >= 15 is 0 Å². The Labute approximate surface area is 155 Å². The smallest absolute Gasteiger partial charge is 0.00891 e. The lowest BCUT2D eigenvalue weighted by Crippen LogP contribution is -2.27. The minimum Gasteiger partial charge on any atom is -0.306 e. The second-order valence-electron chi connectivity index (χ2n) is 8.14. The van der Waals surface area contributed by atoms with E-state index in [0.717, 1.165) is 6.04 Å². The van der Waals surface area contributed by atoms with E-state index < -0.39 is 0 Å². The van der Waals surface area contributed by atoms with Crippen LogP contribution in [0.1, 0.15) is 129 Å². The Bertz CT molecular complexity index is 224. The van der Waals surface area contributed by atoms with Crippen LogP contribution in [-0.2, 0) is 0 Å². The van der Waals surface area contributed by atoms with Crippen molar-refractivity contribution in [2.45, 2.75) is 135 Å². The lowest BCUT2D eigenvalue weighted by atomic mass is 9.99. The monoisotopic (exact) mass is 339 g/mol. The third-order valence-electron chi connectivity index (χ3n) is 5.51. The summed E-state index contributed by atoms with van der Waals surface area (Å²) in [5, 5.41) is 0. The Hall–Kier alpha value is -0.0400. The molecule has 0 amide bonds. The van der Waals surface area contributed by atoms with Crippen LogP contribution in [0.25, 0.3) is 0 Å². The summed E-state index contributed by atoms with van der Waals surface area (Å²) < 4.78 is 0. The summed E-state index contributed by atoms with van der Waals surface area (Å²) in [6, 6.07) is 0.824. The number of rotatable bonds is 19. The highest BCUT2D eigenvalue weighted by Gasteiger charge is 2.10. The number of nitrogens with zero attached hydrogens (tertiary/aromatic N) is 1. The van der Waals surface area contributed by atoms with E-state index in [-0.39, 0.29) is 0 Å². The molecule has 1 heteroatoms. The van der Waals surface area contributed by atoms with Crippen LogP contribution < -0.4 is 0 Å². The number of hydrogen-bond acceptors (Lipinski definition) is 1. The molecule has 1 atom stereocenters. The zero-order valence-corrected chi connectivity index (χ0v) is 17.8. The van der Waals surface area contributed by atoms with Gasteiger partial charge in [0.1, 0.15) is 0 Å². The fourth-order valence-corrected chi connectivity index (χ4v) is 3.69. The highest BCUT2D eigenvalue weighted by molar-refractivity contribution is 4.66. The van der Waals surface area contributed by atoms with Gasteiger partial charge in [-0.25, -0.2) is 0 Å². The van der Waals surface area contributed by atoms with Gasteiger partial charge in [0.2, 0.25) is 0 Å². The molecule has 0 saturated carbocycles. The van der Waals surface area contributed by atoms with Gasteiger partial charge in [0.15, 0.2) is 0 Å². The Balaban J connectivity index is 3.46. The largest absolute Gasteiger partial charge is 0.306 e. The maximum Gasteiger partial charge on any atom is 0.00891 e. The van der Waals surface area contributed by atoms with E-state index in [4.69, 9.17) is 0 Å². The van der Waals surface area contributed by atoms with Gasteiger partial charge < -0.3 is 4.90 Å². The Morgan fingerprint density at radius 1 is 0.458 bits per heavy atom. The van der Waals surface area contributed by atoms with E-state index in [2.05, 4.69) is 32.8 Å². The molecule has 0 aromatic rings. The molecule has 0 aromatic heterocycles. The molecule has 0 radical (unpaired) electrons. The summed E-state index contributed by atoms with van der Waals surface area (Å²) in [5.74, 6) is 0. The fourth-order valence-electron chi connectivity index (χ4n) is 3.69. The molecule has 0 heterocycles. The van der Waals surface area contributed by atoms with Gasteiger partial charge in [-0.1, -0.05) is 117 Å². The zero-order chi connectivity index (χ0) is 17.9. The second-order valence-corrected chi connectivity index (χ2v) is 8.14. The summed E-state index contributed by atoms with van der Waals surface area (Å²) in [7, 11) is 4.55. The third-order valence-corrected chi connectivity index (χ3v) is 5.51. The molecule has 0 aliphatic rings. The summed E-state index contributed by atoms with van der Waals surface area (Å²) in [6.45, 7) is 4.60. The van der Waals surface area contributed by atoms with Gasteiger partial charge in [0, 0.05) is 6.04 Å². The molecule has 24 heavy (non-hydrogen) atoms. The summed E-state index contributed by atoms with van der Waals surface area (Å²) in [6.07, 6.45) is 25.9. The standard InChI is InChI=1S/C23H49N/c1-5-7-9-11-13-14-16-18-20-22-23(24(3)4)21-19-17-15-12-10-8-6-2/h23H,5-22H2,1-4H3. The predicted octanol–water partition coefficient (Wildman–Crippen LogP) is 7.98. The van der Waals surface area contributed by atoms with Crippen molar-refractivity contribution in [1.82, 2.24) is 4.90 Å². The van der Waals surface area contributed by atoms with E-state index in [0.29, 0.717) is 0 Å². The van der Waals surface area contributed by atoms with Crippen molar-refractivity contribution in [3.8, 4) is 0 Å². The van der Waals surface area contributed by atoms with Crippen LogP contribution in [0.15, 0.2) is 0 Å². The highest BCUT2D eigenvalue weighted by Crippen LogP contribution is 2.17. The van der Waals surface area contributed by atoms with E-state index in [9.17, 15) is 0 Å². The van der Waals surface area contributed by atoms with Gasteiger partial charge in [-0.2, -0.15) is 0 Å². The van der Waals surface area contributed by atoms with Gasteiger partial charge in [-0.3, -0.25) is 0 Å². The van der Waals surface area contributed by atoms with Gasteiger partial charge >= 0.3 is 0 Å². The second kappa shape index (κ2) is 19.3. The van der Waals surface area contributed by atoms with E-state index in [1.165, 1.54) is 116 Å². The molecular weight excluding hydrogens is 290 g/mol. The van der Waals surface area contributed by atoms with Crippen LogP contribution >= 0.6 is 0 Å². The summed E-state index contributed by atoms with van der Waals surface area (Å²) >= 11 is 0. The van der Waals surface area contributed by atoms with Crippen LogP contribution in [0, 0.1) is 0 Å². The van der Waals surface area contributed by atoms with Crippen LogP contribution in [0.4, 0.5) is 0 Å². The molecule has 1 unspecified atom stereocenters. The molecule has 0 spiro atoms. The molecule has 0 aliphatic carbocycles. The van der Waals surface area contributed by atoms with Crippen molar-refractivity contribution in [1.29, 1.82) is 0 Å². The Morgan fingerprint density at radius 2 is 0.750 bits per heavy atom. The first-order chi connectivity index (χ1) is 11.7. The minimum absolute atomic E-state index is 0.824. The van der Waals surface area contributed by atoms with Crippen LogP contribution in [0.3, 0.4) is 0 Å². The molecule has 1 nitrogen and oxygen atoms in total. The third kappa shape index (κ3) is 16.8. The molecule has 146 valence electrons. The average molecular weight is 340 g/mol. The highest BCUT2D eigenvalue weighted by atomic mass is 15.1. The van der Waals surface area contributed by atoms with Crippen molar-refractivity contribution < 1.29 is 0 Å². The normalized spacial score (nSPS) is 12.9. The van der Waals surface area contributed by atoms with Gasteiger partial charge in [-0.15, -0.1) is 0 Å². The lowest BCUT2D eigenvalue weighted by molar-refractivity contribution is 0.251. The molecule has 0 rings (SSSR count). The van der Waals surface area contributed by atoms with Gasteiger partial charge in [0.25, 0.3) is 0 Å².